The standard InChI is InChI=1S/C13H16FNO2S/c14-12-4-2-1-3-11(12)13(8-15-9-13)10-5-6-18(16,17)7-10/h1-4,10,15H,5-9H2. The summed E-state index contributed by atoms with van der Waals surface area (Å²) in [5, 5.41) is 3.17. The van der Waals surface area contributed by atoms with Crippen LogP contribution in [0, 0.1) is 11.7 Å². The highest BCUT2D eigenvalue weighted by Crippen LogP contribution is 2.42. The van der Waals surface area contributed by atoms with Gasteiger partial charge in [0.2, 0.25) is 0 Å². The van der Waals surface area contributed by atoms with Gasteiger partial charge in [0.15, 0.2) is 9.84 Å². The average Bonchev–Trinajstić information content (AvgIpc) is 2.60. The quantitative estimate of drug-likeness (QED) is 0.874. The Hall–Kier alpha value is -0.940. The van der Waals surface area contributed by atoms with Crippen LogP contribution < -0.4 is 5.32 Å². The highest BCUT2D eigenvalue weighted by atomic mass is 32.2. The number of hydrogen-bond donors (Lipinski definition) is 1. The van der Waals surface area contributed by atoms with Crippen LogP contribution in [0.5, 0.6) is 0 Å². The number of rotatable bonds is 2. The monoisotopic (exact) mass is 269 g/mol. The molecule has 0 spiro atoms. The van der Waals surface area contributed by atoms with Gasteiger partial charge in [0, 0.05) is 18.5 Å². The summed E-state index contributed by atoms with van der Waals surface area (Å²) in [7, 11) is -2.93. The van der Waals surface area contributed by atoms with Gasteiger partial charge in [-0.2, -0.15) is 0 Å². The number of hydrogen-bond acceptors (Lipinski definition) is 3. The van der Waals surface area contributed by atoms with Crippen molar-refractivity contribution in [2.75, 3.05) is 24.6 Å². The first kappa shape index (κ1) is 12.1. The molecule has 3 nitrogen and oxygen atoms in total. The first-order valence-electron chi connectivity index (χ1n) is 6.20. The van der Waals surface area contributed by atoms with Crippen LogP contribution in [0.1, 0.15) is 12.0 Å². The Labute approximate surface area is 106 Å². The summed E-state index contributed by atoms with van der Waals surface area (Å²) in [6.07, 6.45) is 0.651. The molecule has 2 aliphatic heterocycles. The van der Waals surface area contributed by atoms with E-state index in [2.05, 4.69) is 5.32 Å². The molecule has 1 N–H and O–H groups in total. The minimum absolute atomic E-state index is 0.0423. The van der Waals surface area contributed by atoms with Crippen molar-refractivity contribution < 1.29 is 12.8 Å². The first-order chi connectivity index (χ1) is 8.54. The van der Waals surface area contributed by atoms with Crippen LogP contribution >= 0.6 is 0 Å². The molecular weight excluding hydrogens is 253 g/mol. The molecule has 0 radical (unpaired) electrons. The molecule has 0 aromatic heterocycles. The Kier molecular flexibility index (Phi) is 2.71. The van der Waals surface area contributed by atoms with E-state index in [0.29, 0.717) is 25.1 Å². The van der Waals surface area contributed by atoms with Crippen molar-refractivity contribution in [1.82, 2.24) is 5.32 Å². The summed E-state index contributed by atoms with van der Waals surface area (Å²) in [6, 6.07) is 6.74. The number of halogens is 1. The van der Waals surface area contributed by atoms with Gasteiger partial charge in [-0.05, 0) is 24.0 Å². The molecule has 2 saturated heterocycles. The van der Waals surface area contributed by atoms with E-state index < -0.39 is 9.84 Å². The van der Waals surface area contributed by atoms with Crippen LogP contribution in [-0.2, 0) is 15.3 Å². The van der Waals surface area contributed by atoms with Crippen molar-refractivity contribution >= 4 is 9.84 Å². The van der Waals surface area contributed by atoms with Crippen molar-refractivity contribution in [1.29, 1.82) is 0 Å². The van der Waals surface area contributed by atoms with Gasteiger partial charge in [0.05, 0.1) is 11.5 Å². The molecular formula is C13H16FNO2S. The fourth-order valence-corrected chi connectivity index (χ4v) is 5.10. The van der Waals surface area contributed by atoms with Crippen LogP contribution in [0.15, 0.2) is 24.3 Å². The molecule has 2 heterocycles. The smallest absolute Gasteiger partial charge is 0.150 e. The molecule has 5 heteroatoms. The van der Waals surface area contributed by atoms with Crippen LogP contribution in [0.25, 0.3) is 0 Å². The predicted molar refractivity (Wildman–Crippen MR) is 67.7 cm³/mol. The lowest BCUT2D eigenvalue weighted by atomic mass is 9.65. The molecule has 1 atom stereocenters. The van der Waals surface area contributed by atoms with Gasteiger partial charge >= 0.3 is 0 Å². The summed E-state index contributed by atoms with van der Waals surface area (Å²) in [6.45, 7) is 1.35. The third-order valence-electron chi connectivity index (χ3n) is 4.31. The van der Waals surface area contributed by atoms with Gasteiger partial charge in [0.25, 0.3) is 0 Å². The van der Waals surface area contributed by atoms with Gasteiger partial charge in [-0.25, -0.2) is 12.8 Å². The van der Waals surface area contributed by atoms with Crippen molar-refractivity contribution in [3.8, 4) is 0 Å². The second kappa shape index (κ2) is 4.03. The number of sulfone groups is 1. The maximum absolute atomic E-state index is 14.0. The van der Waals surface area contributed by atoms with Crippen molar-refractivity contribution in [2.45, 2.75) is 11.8 Å². The molecule has 0 bridgehead atoms. The van der Waals surface area contributed by atoms with E-state index in [-0.39, 0.29) is 28.7 Å². The third-order valence-corrected chi connectivity index (χ3v) is 6.07. The van der Waals surface area contributed by atoms with Crippen LogP contribution in [-0.4, -0.2) is 33.0 Å². The maximum atomic E-state index is 14.0. The zero-order valence-electron chi connectivity index (χ0n) is 10.0. The van der Waals surface area contributed by atoms with E-state index in [4.69, 9.17) is 0 Å². The van der Waals surface area contributed by atoms with Crippen molar-refractivity contribution in [2.24, 2.45) is 5.92 Å². The summed E-state index contributed by atoms with van der Waals surface area (Å²) in [4.78, 5) is 0. The second-order valence-electron chi connectivity index (χ2n) is 5.34. The Morgan fingerprint density at radius 2 is 2.00 bits per heavy atom. The summed E-state index contributed by atoms with van der Waals surface area (Å²) >= 11 is 0. The SMILES string of the molecule is O=S1(=O)CCC(C2(c3ccccc3F)CNC2)C1. The first-order valence-corrected chi connectivity index (χ1v) is 8.02. The second-order valence-corrected chi connectivity index (χ2v) is 7.57. The van der Waals surface area contributed by atoms with Crippen LogP contribution in [0.3, 0.4) is 0 Å². The Balaban J connectivity index is 1.99. The fraction of sp³-hybridized carbons (Fsp3) is 0.538. The molecule has 3 rings (SSSR count). The molecule has 1 aromatic carbocycles. The minimum Gasteiger partial charge on any atom is -0.315 e. The average molecular weight is 269 g/mol. The third kappa shape index (κ3) is 1.77. The zero-order valence-corrected chi connectivity index (χ0v) is 10.8. The van der Waals surface area contributed by atoms with Gasteiger partial charge < -0.3 is 5.32 Å². The lowest BCUT2D eigenvalue weighted by molar-refractivity contribution is 0.184. The van der Waals surface area contributed by atoms with Gasteiger partial charge in [-0.15, -0.1) is 0 Å². The molecule has 0 aliphatic carbocycles. The summed E-state index contributed by atoms with van der Waals surface area (Å²) < 4.78 is 37.2. The Bertz CT molecular complexity index is 566. The molecule has 18 heavy (non-hydrogen) atoms. The highest BCUT2D eigenvalue weighted by molar-refractivity contribution is 7.91. The predicted octanol–water partition coefficient (Wildman–Crippen LogP) is 1.10. The maximum Gasteiger partial charge on any atom is 0.150 e. The molecule has 2 fully saturated rings. The molecule has 0 saturated carbocycles. The van der Waals surface area contributed by atoms with E-state index in [1.54, 1.807) is 12.1 Å². The van der Waals surface area contributed by atoms with Crippen molar-refractivity contribution in [3.05, 3.63) is 35.6 Å². The van der Waals surface area contributed by atoms with E-state index in [9.17, 15) is 12.8 Å². The summed E-state index contributed by atoms with van der Waals surface area (Å²) in [5.74, 6) is 0.264. The Morgan fingerprint density at radius 3 is 2.50 bits per heavy atom. The zero-order chi connectivity index (χ0) is 12.8. The highest BCUT2D eigenvalue weighted by Gasteiger charge is 2.50. The van der Waals surface area contributed by atoms with E-state index in [1.165, 1.54) is 6.07 Å². The normalized spacial score (nSPS) is 28.8. The van der Waals surface area contributed by atoms with Crippen LogP contribution in [0.4, 0.5) is 4.39 Å². The van der Waals surface area contributed by atoms with E-state index in [0.717, 1.165) is 0 Å². The number of benzene rings is 1. The van der Waals surface area contributed by atoms with Crippen molar-refractivity contribution in [3.63, 3.8) is 0 Å². The molecule has 1 aromatic rings. The summed E-state index contributed by atoms with van der Waals surface area (Å²) in [5.41, 5.74) is 0.348. The van der Waals surface area contributed by atoms with Gasteiger partial charge in [-0.1, -0.05) is 18.2 Å². The Morgan fingerprint density at radius 1 is 1.28 bits per heavy atom. The van der Waals surface area contributed by atoms with Crippen LogP contribution in [0.2, 0.25) is 0 Å². The lowest BCUT2D eigenvalue weighted by Gasteiger charge is -2.47. The van der Waals surface area contributed by atoms with Gasteiger partial charge in [0.1, 0.15) is 5.82 Å². The van der Waals surface area contributed by atoms with E-state index >= 15 is 0 Å². The topological polar surface area (TPSA) is 46.2 Å². The molecule has 2 aliphatic rings. The minimum atomic E-state index is -2.93. The largest absolute Gasteiger partial charge is 0.315 e. The molecule has 98 valence electrons. The number of nitrogens with one attached hydrogen (secondary N) is 1. The molecule has 0 amide bonds. The van der Waals surface area contributed by atoms with Gasteiger partial charge in [-0.3, -0.25) is 0 Å². The lowest BCUT2D eigenvalue weighted by Crippen LogP contribution is -2.61. The van der Waals surface area contributed by atoms with E-state index in [1.807, 2.05) is 6.07 Å². The fourth-order valence-electron chi connectivity index (χ4n) is 3.19. The molecule has 1 unspecified atom stereocenters.